The molecule has 2 atom stereocenters. The van der Waals surface area contributed by atoms with Crippen LogP contribution in [0.5, 0.6) is 0 Å². The first kappa shape index (κ1) is 22.0. The minimum absolute atomic E-state index is 0.00885. The SMILES string of the molecule is CCc1c(C)sc2nc(SC(C)C(=O)Nc3ccccc3)n(CC3CCCO3)c(=O)c12. The summed E-state index contributed by atoms with van der Waals surface area (Å²) in [5, 5.41) is 3.81. The summed E-state index contributed by atoms with van der Waals surface area (Å²) in [4.78, 5) is 33.0. The van der Waals surface area contributed by atoms with Crippen LogP contribution in [0.1, 0.15) is 37.1 Å². The van der Waals surface area contributed by atoms with Crippen LogP contribution < -0.4 is 10.9 Å². The monoisotopic (exact) mass is 457 g/mol. The maximum absolute atomic E-state index is 13.5. The smallest absolute Gasteiger partial charge is 0.263 e. The third kappa shape index (κ3) is 4.71. The lowest BCUT2D eigenvalue weighted by molar-refractivity contribution is -0.115. The number of para-hydroxylation sites is 1. The van der Waals surface area contributed by atoms with Gasteiger partial charge in [0.25, 0.3) is 5.56 Å². The summed E-state index contributed by atoms with van der Waals surface area (Å²) in [6, 6.07) is 9.38. The Hall–Kier alpha value is -2.16. The number of amides is 1. The molecular weight excluding hydrogens is 430 g/mol. The second kappa shape index (κ2) is 9.54. The number of fused-ring (bicyclic) bond motifs is 1. The molecule has 1 aliphatic rings. The summed E-state index contributed by atoms with van der Waals surface area (Å²) in [7, 11) is 0. The van der Waals surface area contributed by atoms with Gasteiger partial charge in [0.15, 0.2) is 5.16 Å². The van der Waals surface area contributed by atoms with Gasteiger partial charge in [0.05, 0.1) is 23.3 Å². The zero-order valence-corrected chi connectivity index (χ0v) is 19.6. The molecule has 3 aromatic rings. The fraction of sp³-hybridized carbons (Fsp3) is 0.435. The van der Waals surface area contributed by atoms with Crippen LogP contribution >= 0.6 is 23.1 Å². The molecule has 1 N–H and O–H groups in total. The van der Waals surface area contributed by atoms with Crippen LogP contribution in [-0.2, 0) is 22.5 Å². The Bertz CT molecular complexity index is 1130. The highest BCUT2D eigenvalue weighted by molar-refractivity contribution is 8.00. The lowest BCUT2D eigenvalue weighted by Crippen LogP contribution is -2.30. The molecule has 0 spiro atoms. The number of carbonyl (C=O) groups excluding carboxylic acids is 1. The van der Waals surface area contributed by atoms with Crippen LogP contribution in [0.25, 0.3) is 10.2 Å². The fourth-order valence-electron chi connectivity index (χ4n) is 3.88. The predicted molar refractivity (Wildman–Crippen MR) is 127 cm³/mol. The van der Waals surface area contributed by atoms with Gasteiger partial charge in [0.1, 0.15) is 4.83 Å². The second-order valence-corrected chi connectivity index (χ2v) is 10.2. The van der Waals surface area contributed by atoms with E-state index >= 15 is 0 Å². The van der Waals surface area contributed by atoms with Crippen LogP contribution in [0.2, 0.25) is 0 Å². The van der Waals surface area contributed by atoms with E-state index in [4.69, 9.17) is 9.72 Å². The van der Waals surface area contributed by atoms with E-state index < -0.39 is 5.25 Å². The van der Waals surface area contributed by atoms with E-state index in [1.807, 2.05) is 44.2 Å². The summed E-state index contributed by atoms with van der Waals surface area (Å²) >= 11 is 2.88. The lowest BCUT2D eigenvalue weighted by atomic mass is 10.1. The van der Waals surface area contributed by atoms with Gasteiger partial charge in [0, 0.05) is 17.2 Å². The molecule has 0 bridgehead atoms. The van der Waals surface area contributed by atoms with Crippen molar-refractivity contribution in [3.8, 4) is 0 Å². The van der Waals surface area contributed by atoms with Gasteiger partial charge < -0.3 is 10.1 Å². The lowest BCUT2D eigenvalue weighted by Gasteiger charge is -2.18. The van der Waals surface area contributed by atoms with Crippen molar-refractivity contribution in [1.29, 1.82) is 0 Å². The van der Waals surface area contributed by atoms with E-state index in [9.17, 15) is 9.59 Å². The minimum Gasteiger partial charge on any atom is -0.376 e. The average molecular weight is 458 g/mol. The minimum atomic E-state index is -0.410. The molecule has 1 aromatic carbocycles. The van der Waals surface area contributed by atoms with E-state index in [0.29, 0.717) is 17.1 Å². The van der Waals surface area contributed by atoms with E-state index in [1.54, 1.807) is 15.9 Å². The number of thioether (sulfide) groups is 1. The predicted octanol–water partition coefficient (Wildman–Crippen LogP) is 4.63. The first-order valence-electron chi connectivity index (χ1n) is 10.6. The second-order valence-electron chi connectivity index (χ2n) is 7.73. The number of nitrogens with one attached hydrogen (secondary N) is 1. The largest absolute Gasteiger partial charge is 0.376 e. The van der Waals surface area contributed by atoms with Gasteiger partial charge in [-0.3, -0.25) is 14.2 Å². The first-order valence-corrected chi connectivity index (χ1v) is 12.3. The molecule has 31 heavy (non-hydrogen) atoms. The van der Waals surface area contributed by atoms with Gasteiger partial charge in [-0.15, -0.1) is 11.3 Å². The number of carbonyl (C=O) groups is 1. The van der Waals surface area contributed by atoms with Crippen LogP contribution in [0.3, 0.4) is 0 Å². The van der Waals surface area contributed by atoms with Gasteiger partial charge >= 0.3 is 0 Å². The first-order chi connectivity index (χ1) is 15.0. The molecule has 1 saturated heterocycles. The van der Waals surface area contributed by atoms with Gasteiger partial charge in [-0.1, -0.05) is 36.9 Å². The standard InChI is InChI=1S/C23H27N3O3S2/c1-4-18-14(2)30-21-19(18)22(28)26(13-17-11-8-12-29-17)23(25-21)31-15(3)20(27)24-16-9-6-5-7-10-16/h5-7,9-10,15,17H,4,8,11-13H2,1-3H3,(H,24,27). The van der Waals surface area contributed by atoms with Crippen molar-refractivity contribution >= 4 is 44.9 Å². The van der Waals surface area contributed by atoms with Crippen molar-refractivity contribution in [2.75, 3.05) is 11.9 Å². The van der Waals surface area contributed by atoms with Crippen LogP contribution in [0.15, 0.2) is 40.3 Å². The molecule has 164 valence electrons. The summed E-state index contributed by atoms with van der Waals surface area (Å²) in [6.07, 6.45) is 2.74. The van der Waals surface area contributed by atoms with Gasteiger partial charge in [-0.2, -0.15) is 0 Å². The van der Waals surface area contributed by atoms with Gasteiger partial charge in [-0.05, 0) is 50.8 Å². The number of hydrogen-bond donors (Lipinski definition) is 1. The quantitative estimate of drug-likeness (QED) is 0.414. The Morgan fingerprint density at radius 2 is 2.16 bits per heavy atom. The van der Waals surface area contributed by atoms with E-state index in [0.717, 1.165) is 46.8 Å². The Kier molecular flexibility index (Phi) is 6.79. The number of nitrogens with zero attached hydrogens (tertiary/aromatic N) is 2. The molecule has 2 aromatic heterocycles. The number of hydrogen-bond acceptors (Lipinski definition) is 6. The topological polar surface area (TPSA) is 73.2 Å². The number of thiophene rings is 1. The molecule has 4 rings (SSSR count). The van der Waals surface area contributed by atoms with E-state index in [1.165, 1.54) is 11.8 Å². The molecule has 1 fully saturated rings. The molecule has 8 heteroatoms. The Morgan fingerprint density at radius 1 is 1.39 bits per heavy atom. The van der Waals surface area contributed by atoms with Crippen molar-refractivity contribution in [3.05, 3.63) is 51.1 Å². The number of aryl methyl sites for hydroxylation is 2. The Balaban J connectivity index is 1.67. The molecule has 3 heterocycles. The van der Waals surface area contributed by atoms with Crippen molar-refractivity contribution in [2.45, 2.75) is 63.1 Å². The van der Waals surface area contributed by atoms with E-state index in [2.05, 4.69) is 12.2 Å². The van der Waals surface area contributed by atoms with Gasteiger partial charge in [0.2, 0.25) is 5.91 Å². The Morgan fingerprint density at radius 3 is 2.84 bits per heavy atom. The molecule has 1 aliphatic heterocycles. The van der Waals surface area contributed by atoms with Crippen molar-refractivity contribution < 1.29 is 9.53 Å². The summed E-state index contributed by atoms with van der Waals surface area (Å²) in [5.41, 5.74) is 1.80. The normalized spacial score (nSPS) is 17.2. The summed E-state index contributed by atoms with van der Waals surface area (Å²) < 4.78 is 7.52. The highest BCUT2D eigenvalue weighted by Gasteiger charge is 2.25. The Labute approximate surface area is 190 Å². The summed E-state index contributed by atoms with van der Waals surface area (Å²) in [6.45, 7) is 7.14. The van der Waals surface area contributed by atoms with Crippen molar-refractivity contribution in [2.24, 2.45) is 0 Å². The third-order valence-electron chi connectivity index (χ3n) is 5.53. The number of benzene rings is 1. The zero-order chi connectivity index (χ0) is 22.0. The van der Waals surface area contributed by atoms with Gasteiger partial charge in [-0.25, -0.2) is 4.98 Å². The number of rotatable bonds is 7. The molecule has 1 amide bonds. The molecular formula is C23H27N3O3S2. The van der Waals surface area contributed by atoms with Crippen LogP contribution in [0.4, 0.5) is 5.69 Å². The average Bonchev–Trinajstić information content (AvgIpc) is 3.38. The molecule has 2 unspecified atom stereocenters. The number of ether oxygens (including phenoxy) is 1. The van der Waals surface area contributed by atoms with Crippen molar-refractivity contribution in [3.63, 3.8) is 0 Å². The highest BCUT2D eigenvalue weighted by Crippen LogP contribution is 2.31. The number of aromatic nitrogens is 2. The molecule has 0 radical (unpaired) electrons. The van der Waals surface area contributed by atoms with Crippen LogP contribution in [-0.4, -0.2) is 33.4 Å². The molecule has 0 saturated carbocycles. The molecule has 6 nitrogen and oxygen atoms in total. The third-order valence-corrected chi connectivity index (χ3v) is 7.67. The summed E-state index contributed by atoms with van der Waals surface area (Å²) in [5.74, 6) is -0.120. The van der Waals surface area contributed by atoms with Crippen molar-refractivity contribution in [1.82, 2.24) is 9.55 Å². The maximum Gasteiger partial charge on any atom is 0.263 e. The maximum atomic E-state index is 13.5. The molecule has 0 aliphatic carbocycles. The van der Waals surface area contributed by atoms with E-state index in [-0.39, 0.29) is 17.6 Å². The zero-order valence-electron chi connectivity index (χ0n) is 18.0. The van der Waals surface area contributed by atoms with Crippen LogP contribution in [0, 0.1) is 6.92 Å². The number of anilines is 1. The fourth-order valence-corrected chi connectivity index (χ4v) is 5.95. The highest BCUT2D eigenvalue weighted by atomic mass is 32.2.